The van der Waals surface area contributed by atoms with Crippen LogP contribution in [0.5, 0.6) is 0 Å². The van der Waals surface area contributed by atoms with Crippen molar-refractivity contribution in [1.29, 1.82) is 0 Å². The molecule has 3 rings (SSSR count). The van der Waals surface area contributed by atoms with Gasteiger partial charge in [-0.3, -0.25) is 0 Å². The summed E-state index contributed by atoms with van der Waals surface area (Å²) in [6, 6.07) is 6.39. The van der Waals surface area contributed by atoms with Crippen LogP contribution >= 0.6 is 22.7 Å². The average molecular weight is 369 g/mol. The molecule has 0 aliphatic carbocycles. The third-order valence-electron chi connectivity index (χ3n) is 3.13. The molecule has 2 heterocycles. The van der Waals surface area contributed by atoms with E-state index in [4.69, 9.17) is 4.74 Å². The van der Waals surface area contributed by atoms with E-state index in [1.54, 1.807) is 5.38 Å². The monoisotopic (exact) mass is 369 g/mol. The minimum absolute atomic E-state index is 0.109. The van der Waals surface area contributed by atoms with Crippen molar-refractivity contribution in [3.63, 3.8) is 0 Å². The van der Waals surface area contributed by atoms with E-state index in [0.29, 0.717) is 5.56 Å². The van der Waals surface area contributed by atoms with Gasteiger partial charge in [0.05, 0.1) is 5.56 Å². The first-order valence-corrected chi connectivity index (χ1v) is 8.57. The molecule has 1 aromatic carbocycles. The Labute approximate surface area is 143 Å². The normalized spacial score (nSPS) is 11.5. The van der Waals surface area contributed by atoms with E-state index in [1.165, 1.54) is 34.8 Å². The van der Waals surface area contributed by atoms with E-state index in [0.717, 1.165) is 22.7 Å². The molecule has 0 spiro atoms. The maximum absolute atomic E-state index is 12.5. The molecule has 0 saturated heterocycles. The third kappa shape index (κ3) is 3.82. The van der Waals surface area contributed by atoms with Crippen LogP contribution in [-0.4, -0.2) is 11.0 Å². The summed E-state index contributed by atoms with van der Waals surface area (Å²) in [5.41, 5.74) is 0.863. The summed E-state index contributed by atoms with van der Waals surface area (Å²) in [7, 11) is 0. The van der Waals surface area contributed by atoms with Crippen LogP contribution in [0.1, 0.15) is 21.6 Å². The van der Waals surface area contributed by atoms with Crippen LogP contribution < -0.4 is 0 Å². The van der Waals surface area contributed by atoms with Gasteiger partial charge in [0.2, 0.25) is 0 Å². The molecule has 0 fully saturated rings. The molecule has 0 amide bonds. The van der Waals surface area contributed by atoms with Crippen molar-refractivity contribution in [1.82, 2.24) is 4.98 Å². The number of hydrogen-bond donors (Lipinski definition) is 0. The number of carbonyl (C=O) groups excluding carboxylic acids is 1. The number of rotatable bonds is 4. The van der Waals surface area contributed by atoms with E-state index in [9.17, 15) is 18.0 Å². The first kappa shape index (κ1) is 16.7. The largest absolute Gasteiger partial charge is 0.456 e. The first-order chi connectivity index (χ1) is 11.4. The number of thiophene rings is 1. The molecule has 2 aromatic heterocycles. The molecule has 0 saturated carbocycles. The van der Waals surface area contributed by atoms with E-state index in [2.05, 4.69) is 4.98 Å². The van der Waals surface area contributed by atoms with Crippen molar-refractivity contribution in [2.24, 2.45) is 0 Å². The molecule has 3 aromatic rings. The Morgan fingerprint density at radius 2 is 1.88 bits per heavy atom. The lowest BCUT2D eigenvalue weighted by Gasteiger charge is -2.07. The van der Waals surface area contributed by atoms with Gasteiger partial charge in [-0.2, -0.15) is 24.5 Å². The highest BCUT2D eigenvalue weighted by molar-refractivity contribution is 7.14. The Kier molecular flexibility index (Phi) is 4.68. The van der Waals surface area contributed by atoms with Crippen LogP contribution in [0.3, 0.4) is 0 Å². The maximum Gasteiger partial charge on any atom is 0.416 e. The second-order valence-corrected chi connectivity index (χ2v) is 6.46. The number of halogens is 3. The van der Waals surface area contributed by atoms with Crippen LogP contribution in [0.15, 0.2) is 46.5 Å². The molecule has 24 heavy (non-hydrogen) atoms. The highest BCUT2D eigenvalue weighted by Crippen LogP contribution is 2.29. The number of ether oxygens (including phenoxy) is 1. The van der Waals surface area contributed by atoms with Crippen molar-refractivity contribution in [3.8, 4) is 10.6 Å². The van der Waals surface area contributed by atoms with Gasteiger partial charge < -0.3 is 4.74 Å². The molecule has 0 aliphatic heterocycles. The minimum Gasteiger partial charge on any atom is -0.456 e. The Bertz CT molecular complexity index is 824. The van der Waals surface area contributed by atoms with Gasteiger partial charge >= 0.3 is 12.1 Å². The predicted molar refractivity (Wildman–Crippen MR) is 86.0 cm³/mol. The zero-order valence-corrected chi connectivity index (χ0v) is 13.7. The summed E-state index contributed by atoms with van der Waals surface area (Å²) < 4.78 is 42.5. The van der Waals surface area contributed by atoms with Gasteiger partial charge in [0.25, 0.3) is 0 Å². The van der Waals surface area contributed by atoms with Crippen LogP contribution in [0.2, 0.25) is 0 Å². The lowest BCUT2D eigenvalue weighted by molar-refractivity contribution is -0.137. The number of esters is 1. The fourth-order valence-corrected chi connectivity index (χ4v) is 3.40. The number of thiazole rings is 1. The number of carbonyl (C=O) groups is 1. The van der Waals surface area contributed by atoms with E-state index in [1.807, 2.05) is 16.8 Å². The minimum atomic E-state index is -4.38. The fraction of sp³-hybridized carbons (Fsp3) is 0.125. The predicted octanol–water partition coefficient (Wildman–Crippen LogP) is 5.25. The molecule has 0 N–H and O–H groups in total. The van der Waals surface area contributed by atoms with Crippen molar-refractivity contribution >= 4 is 28.6 Å². The van der Waals surface area contributed by atoms with Gasteiger partial charge in [-0.05, 0) is 29.1 Å². The smallest absolute Gasteiger partial charge is 0.416 e. The third-order valence-corrected chi connectivity index (χ3v) is 4.71. The summed E-state index contributed by atoms with van der Waals surface area (Å²) in [6.07, 6.45) is -4.38. The zero-order chi connectivity index (χ0) is 17.2. The van der Waals surface area contributed by atoms with E-state index in [-0.39, 0.29) is 12.3 Å². The van der Waals surface area contributed by atoms with Crippen molar-refractivity contribution < 1.29 is 22.7 Å². The molecule has 124 valence electrons. The maximum atomic E-state index is 12.5. The fourth-order valence-electron chi connectivity index (χ4n) is 1.90. The van der Waals surface area contributed by atoms with E-state index >= 15 is 0 Å². The van der Waals surface area contributed by atoms with Gasteiger partial charge in [0, 0.05) is 16.3 Å². The molecule has 0 bridgehead atoms. The molecular weight excluding hydrogens is 359 g/mol. The van der Waals surface area contributed by atoms with Crippen LogP contribution in [0.25, 0.3) is 10.6 Å². The quantitative estimate of drug-likeness (QED) is 0.590. The molecule has 0 unspecified atom stereocenters. The molecule has 0 atom stereocenters. The summed E-state index contributed by atoms with van der Waals surface area (Å²) in [6.45, 7) is -0.109. The Morgan fingerprint density at radius 3 is 2.50 bits per heavy atom. The highest BCUT2D eigenvalue weighted by atomic mass is 32.1. The number of aromatic nitrogens is 1. The molecule has 0 radical (unpaired) electrons. The van der Waals surface area contributed by atoms with Crippen molar-refractivity contribution in [2.45, 2.75) is 12.8 Å². The van der Waals surface area contributed by atoms with Gasteiger partial charge in [-0.1, -0.05) is 12.1 Å². The van der Waals surface area contributed by atoms with Crippen LogP contribution in [0, 0.1) is 0 Å². The Morgan fingerprint density at radius 1 is 1.12 bits per heavy atom. The zero-order valence-electron chi connectivity index (χ0n) is 12.0. The number of benzene rings is 1. The second-order valence-electron chi connectivity index (χ2n) is 4.82. The van der Waals surface area contributed by atoms with Gasteiger partial charge in [0.1, 0.15) is 11.6 Å². The summed E-state index contributed by atoms with van der Waals surface area (Å²) in [4.78, 5) is 16.2. The van der Waals surface area contributed by atoms with Crippen LogP contribution in [-0.2, 0) is 17.5 Å². The van der Waals surface area contributed by atoms with Gasteiger partial charge in [-0.15, -0.1) is 11.3 Å². The van der Waals surface area contributed by atoms with Crippen LogP contribution in [0.4, 0.5) is 13.2 Å². The highest BCUT2D eigenvalue weighted by Gasteiger charge is 2.29. The lowest BCUT2D eigenvalue weighted by Crippen LogP contribution is -2.07. The summed E-state index contributed by atoms with van der Waals surface area (Å²) in [5.74, 6) is -0.604. The first-order valence-electron chi connectivity index (χ1n) is 6.75. The average Bonchev–Trinajstić information content (AvgIpc) is 3.22. The molecular formula is C16H10F3NO2S2. The second kappa shape index (κ2) is 6.74. The summed E-state index contributed by atoms with van der Waals surface area (Å²) >= 11 is 2.86. The van der Waals surface area contributed by atoms with Crippen molar-refractivity contribution in [3.05, 3.63) is 63.3 Å². The number of alkyl halides is 3. The Hall–Kier alpha value is -2.19. The molecule has 8 heteroatoms. The number of nitrogens with zero attached hydrogens (tertiary/aromatic N) is 1. The molecule has 0 aliphatic rings. The van der Waals surface area contributed by atoms with Gasteiger partial charge in [0.15, 0.2) is 5.69 Å². The van der Waals surface area contributed by atoms with Gasteiger partial charge in [-0.25, -0.2) is 9.78 Å². The Balaban J connectivity index is 1.61. The van der Waals surface area contributed by atoms with Crippen molar-refractivity contribution in [2.75, 3.05) is 0 Å². The standard InChI is InChI=1S/C16H10F3NO2S2/c17-16(18,19)12-3-1-10(2-4-12)7-22-15(21)13-9-24-14(20-13)11-5-6-23-8-11/h1-6,8-9H,7H2. The number of hydrogen-bond acceptors (Lipinski definition) is 5. The van der Waals surface area contributed by atoms with E-state index < -0.39 is 17.7 Å². The topological polar surface area (TPSA) is 39.2 Å². The molecule has 3 nitrogen and oxygen atoms in total. The SMILES string of the molecule is O=C(OCc1ccc(C(F)(F)F)cc1)c1csc(-c2ccsc2)n1. The lowest BCUT2D eigenvalue weighted by atomic mass is 10.1. The summed E-state index contributed by atoms with van der Waals surface area (Å²) in [5, 5.41) is 6.16.